The first-order chi connectivity index (χ1) is 5.19. The Morgan fingerprint density at radius 3 is 2.55 bits per heavy atom. The molecule has 0 saturated carbocycles. The smallest absolute Gasteiger partial charge is 0.371 e. The summed E-state index contributed by atoms with van der Waals surface area (Å²) in [6.45, 7) is 1.93. The number of rotatable bonds is 2. The van der Waals surface area contributed by atoms with Gasteiger partial charge in [0, 0.05) is 0 Å². The summed E-state index contributed by atoms with van der Waals surface area (Å²) >= 11 is 3.81. The number of thiol groups is 1. The Kier molecular flexibility index (Phi) is 2.18. The zero-order chi connectivity index (χ0) is 8.32. The molecule has 0 aliphatic carbocycles. The average Bonchev–Trinajstić information content (AvgIpc) is 2.38. The topological polar surface area (TPSA) is 75.7 Å². The van der Waals surface area contributed by atoms with Gasteiger partial charge in [0.05, 0.1) is 6.61 Å². The zero-order valence-electron chi connectivity index (χ0n) is 5.76. The van der Waals surface area contributed by atoms with E-state index in [4.69, 9.17) is 0 Å². The van der Waals surface area contributed by atoms with Crippen molar-refractivity contribution < 1.29 is 9.53 Å². The Labute approximate surface area is 68.1 Å². The van der Waals surface area contributed by atoms with Crippen molar-refractivity contribution in [3.63, 3.8) is 0 Å². The van der Waals surface area contributed by atoms with Crippen LogP contribution in [0.2, 0.25) is 0 Å². The predicted octanol–water partition coefficient (Wildman–Crippen LogP) is 0.966. The summed E-state index contributed by atoms with van der Waals surface area (Å²) in [6.07, 6.45) is 0. The number of hydrogen-bond donors (Lipinski definition) is 1. The van der Waals surface area contributed by atoms with Crippen LogP contribution in [0.25, 0.3) is 0 Å². The first-order valence-corrected chi connectivity index (χ1v) is 3.37. The van der Waals surface area contributed by atoms with E-state index in [2.05, 4.69) is 38.0 Å². The van der Waals surface area contributed by atoms with Crippen LogP contribution in [0.5, 0.6) is 0 Å². The molecule has 0 unspecified atom stereocenters. The van der Waals surface area contributed by atoms with Gasteiger partial charge in [-0.25, -0.2) is 4.79 Å². The van der Waals surface area contributed by atoms with Crippen molar-refractivity contribution in [2.24, 2.45) is 20.7 Å². The van der Waals surface area contributed by atoms with E-state index in [0.29, 0.717) is 0 Å². The van der Waals surface area contributed by atoms with Gasteiger partial charge in [0.25, 0.3) is 0 Å². The summed E-state index contributed by atoms with van der Waals surface area (Å²) in [4.78, 5) is 9.42. The number of carbonyl (C=O) groups is 1. The van der Waals surface area contributed by atoms with Crippen molar-refractivity contribution in [3.05, 3.63) is 0 Å². The lowest BCUT2D eigenvalue weighted by molar-refractivity contribution is -0.145. The Hall–Kier alpha value is -0.980. The third-order valence-corrected chi connectivity index (χ3v) is 1.32. The van der Waals surface area contributed by atoms with E-state index in [1.54, 1.807) is 6.92 Å². The Balaban J connectivity index is 2.65. The monoisotopic (exact) mass is 174 g/mol. The lowest BCUT2D eigenvalue weighted by Gasteiger charge is -2.09. The molecule has 0 amide bonds. The van der Waals surface area contributed by atoms with Crippen LogP contribution < -0.4 is 0 Å². The quantitative estimate of drug-likeness (QED) is 0.500. The minimum Gasteiger partial charge on any atom is -0.462 e. The minimum atomic E-state index is -1.55. The minimum absolute atomic E-state index is 0.256. The van der Waals surface area contributed by atoms with Crippen molar-refractivity contribution in [3.8, 4) is 0 Å². The van der Waals surface area contributed by atoms with E-state index in [1.165, 1.54) is 0 Å². The number of hydrogen-bond acceptors (Lipinski definition) is 7. The second-order valence-corrected chi connectivity index (χ2v) is 2.36. The third kappa shape index (κ3) is 1.53. The SMILES string of the molecule is CCOC(=O)C1(S)N=NN=N1. The molecule has 1 aliphatic heterocycles. The van der Waals surface area contributed by atoms with Gasteiger partial charge in [-0.15, -0.1) is 22.9 Å². The number of nitrogens with zero attached hydrogens (tertiary/aromatic N) is 4. The molecular weight excluding hydrogens is 168 g/mol. The van der Waals surface area contributed by atoms with Crippen LogP contribution in [0.15, 0.2) is 20.7 Å². The summed E-state index contributed by atoms with van der Waals surface area (Å²) < 4.78 is 4.61. The average molecular weight is 174 g/mol. The number of esters is 1. The van der Waals surface area contributed by atoms with Crippen LogP contribution >= 0.6 is 12.6 Å². The molecule has 60 valence electrons. The van der Waals surface area contributed by atoms with Crippen LogP contribution in [0.4, 0.5) is 0 Å². The van der Waals surface area contributed by atoms with Gasteiger partial charge in [-0.2, -0.15) is 0 Å². The van der Waals surface area contributed by atoms with Crippen LogP contribution in [-0.2, 0) is 9.53 Å². The highest BCUT2D eigenvalue weighted by molar-refractivity contribution is 7.82. The molecule has 1 rings (SSSR count). The lowest BCUT2D eigenvalue weighted by Crippen LogP contribution is -2.28. The maximum absolute atomic E-state index is 11.0. The Morgan fingerprint density at radius 2 is 2.09 bits per heavy atom. The molecule has 0 fully saturated rings. The molecule has 0 aromatic heterocycles. The van der Waals surface area contributed by atoms with Gasteiger partial charge in [0.1, 0.15) is 0 Å². The largest absolute Gasteiger partial charge is 0.462 e. The maximum atomic E-state index is 11.0. The molecule has 0 aromatic rings. The van der Waals surface area contributed by atoms with Crippen molar-refractivity contribution in [2.45, 2.75) is 11.9 Å². The highest BCUT2D eigenvalue weighted by atomic mass is 32.1. The summed E-state index contributed by atoms with van der Waals surface area (Å²) in [5, 5.41) is 13.0. The van der Waals surface area contributed by atoms with Gasteiger partial charge >= 0.3 is 11.0 Å². The number of carbonyl (C=O) groups excluding carboxylic acids is 1. The van der Waals surface area contributed by atoms with E-state index in [0.717, 1.165) is 0 Å². The highest BCUT2D eigenvalue weighted by Crippen LogP contribution is 2.25. The highest BCUT2D eigenvalue weighted by Gasteiger charge is 2.39. The van der Waals surface area contributed by atoms with Crippen molar-refractivity contribution >= 4 is 18.6 Å². The van der Waals surface area contributed by atoms with Gasteiger partial charge in [0.2, 0.25) is 0 Å². The first-order valence-electron chi connectivity index (χ1n) is 2.92. The standard InChI is InChI=1S/C4H6N4O2S/c1-2-10-3(9)4(11)5-7-8-6-4/h11H,2H2,1H3. The molecule has 1 aliphatic rings. The van der Waals surface area contributed by atoms with Gasteiger partial charge in [-0.3, -0.25) is 0 Å². The van der Waals surface area contributed by atoms with Crippen LogP contribution in [-0.4, -0.2) is 17.6 Å². The van der Waals surface area contributed by atoms with Gasteiger partial charge in [-0.05, 0) is 17.4 Å². The van der Waals surface area contributed by atoms with Gasteiger partial charge in [0.15, 0.2) is 0 Å². The van der Waals surface area contributed by atoms with Crippen molar-refractivity contribution in [1.29, 1.82) is 0 Å². The van der Waals surface area contributed by atoms with E-state index < -0.39 is 11.0 Å². The van der Waals surface area contributed by atoms with Crippen LogP contribution in [0.1, 0.15) is 6.92 Å². The van der Waals surface area contributed by atoms with E-state index >= 15 is 0 Å². The zero-order valence-corrected chi connectivity index (χ0v) is 6.65. The molecule has 0 saturated heterocycles. The van der Waals surface area contributed by atoms with Gasteiger partial charge < -0.3 is 4.74 Å². The van der Waals surface area contributed by atoms with Crippen LogP contribution in [0, 0.1) is 0 Å². The Bertz CT molecular complexity index is 214. The molecule has 0 atom stereocenters. The molecule has 6 nitrogen and oxygen atoms in total. The van der Waals surface area contributed by atoms with Crippen molar-refractivity contribution in [2.75, 3.05) is 6.61 Å². The lowest BCUT2D eigenvalue weighted by atomic mass is 10.5. The summed E-state index contributed by atoms with van der Waals surface area (Å²) in [6, 6.07) is 0. The first kappa shape index (κ1) is 8.12. The summed E-state index contributed by atoms with van der Waals surface area (Å²) in [5.41, 5.74) is 0. The summed E-state index contributed by atoms with van der Waals surface area (Å²) in [7, 11) is 0. The fraction of sp³-hybridized carbons (Fsp3) is 0.750. The van der Waals surface area contributed by atoms with E-state index in [9.17, 15) is 4.79 Å². The van der Waals surface area contributed by atoms with Gasteiger partial charge in [-0.1, -0.05) is 0 Å². The van der Waals surface area contributed by atoms with Crippen molar-refractivity contribution in [1.82, 2.24) is 0 Å². The molecular formula is C4H6N4O2S. The molecule has 0 spiro atoms. The summed E-state index contributed by atoms with van der Waals surface area (Å²) in [5.74, 6) is -0.659. The second-order valence-electron chi connectivity index (χ2n) is 1.73. The Morgan fingerprint density at radius 1 is 1.55 bits per heavy atom. The maximum Gasteiger partial charge on any atom is 0.371 e. The molecule has 11 heavy (non-hydrogen) atoms. The third-order valence-electron chi connectivity index (χ3n) is 0.958. The van der Waals surface area contributed by atoms with E-state index in [1.807, 2.05) is 0 Å². The predicted molar refractivity (Wildman–Crippen MR) is 38.1 cm³/mol. The van der Waals surface area contributed by atoms with Crippen LogP contribution in [0.3, 0.4) is 0 Å². The molecule has 0 aromatic carbocycles. The second kappa shape index (κ2) is 2.95. The molecule has 0 radical (unpaired) electrons. The van der Waals surface area contributed by atoms with E-state index in [-0.39, 0.29) is 6.61 Å². The molecule has 0 bridgehead atoms. The number of ether oxygens (including phenoxy) is 1. The molecule has 7 heteroatoms. The normalized spacial score (nSPS) is 18.7. The molecule has 0 N–H and O–H groups in total. The fourth-order valence-electron chi connectivity index (χ4n) is 0.494. The molecule has 1 heterocycles. The fourth-order valence-corrected chi connectivity index (χ4v) is 0.639.